The van der Waals surface area contributed by atoms with Crippen LogP contribution in [0.15, 0.2) is 47.4 Å². The molecular weight excluding hydrogens is 224 g/mol. The van der Waals surface area contributed by atoms with E-state index in [1.54, 1.807) is 30.3 Å². The second-order valence-electron chi connectivity index (χ2n) is 2.95. The minimum absolute atomic E-state index is 0. The fraction of sp³-hybridized carbons (Fsp3) is 0. The molecular formula is C10H8MgO3S. The van der Waals surface area contributed by atoms with Crippen molar-refractivity contribution in [2.75, 3.05) is 0 Å². The van der Waals surface area contributed by atoms with Crippen LogP contribution >= 0.6 is 0 Å². The lowest BCUT2D eigenvalue weighted by molar-refractivity contribution is 0.484. The molecule has 0 saturated heterocycles. The summed E-state index contributed by atoms with van der Waals surface area (Å²) in [6.07, 6.45) is 0. The monoisotopic (exact) mass is 232 g/mol. The van der Waals surface area contributed by atoms with Crippen LogP contribution < -0.4 is 0 Å². The first-order valence-corrected chi connectivity index (χ1v) is 5.48. The van der Waals surface area contributed by atoms with Crippen LogP contribution in [0.25, 0.3) is 10.8 Å². The van der Waals surface area contributed by atoms with Gasteiger partial charge in [-0.05, 0) is 11.5 Å². The number of hydrogen-bond donors (Lipinski definition) is 1. The molecule has 2 radical (unpaired) electrons. The van der Waals surface area contributed by atoms with Crippen LogP contribution in [0.4, 0.5) is 0 Å². The summed E-state index contributed by atoms with van der Waals surface area (Å²) in [7, 11) is -4.13. The third-order valence-corrected chi connectivity index (χ3v) is 2.94. The predicted octanol–water partition coefficient (Wildman–Crippen LogP) is 1.71. The van der Waals surface area contributed by atoms with Crippen molar-refractivity contribution in [2.45, 2.75) is 4.90 Å². The van der Waals surface area contributed by atoms with E-state index >= 15 is 0 Å². The molecule has 74 valence electrons. The Morgan fingerprint density at radius 1 is 0.933 bits per heavy atom. The molecule has 0 aliphatic carbocycles. The Bertz CT molecular complexity index is 573. The highest BCUT2D eigenvalue weighted by molar-refractivity contribution is 7.86. The van der Waals surface area contributed by atoms with E-state index in [1.807, 2.05) is 6.07 Å². The molecule has 0 atom stereocenters. The fourth-order valence-electron chi connectivity index (χ4n) is 1.42. The average Bonchev–Trinajstić information content (AvgIpc) is 2.15. The summed E-state index contributed by atoms with van der Waals surface area (Å²) in [6, 6.07) is 11.8. The van der Waals surface area contributed by atoms with Crippen LogP contribution in [-0.2, 0) is 10.1 Å². The lowest BCUT2D eigenvalue weighted by Crippen LogP contribution is -1.98. The molecule has 2 aromatic carbocycles. The van der Waals surface area contributed by atoms with Gasteiger partial charge in [0.15, 0.2) is 0 Å². The molecule has 3 nitrogen and oxygen atoms in total. The highest BCUT2D eigenvalue weighted by Gasteiger charge is 2.12. The largest absolute Gasteiger partial charge is 0.295 e. The summed E-state index contributed by atoms with van der Waals surface area (Å²) < 4.78 is 31.0. The smallest absolute Gasteiger partial charge is 0.282 e. The molecule has 0 aliphatic heterocycles. The van der Waals surface area contributed by atoms with Crippen molar-refractivity contribution in [3.63, 3.8) is 0 Å². The zero-order valence-electron chi connectivity index (χ0n) is 7.92. The Hall–Kier alpha value is -0.624. The second kappa shape index (κ2) is 4.48. The molecule has 0 saturated carbocycles. The second-order valence-corrected chi connectivity index (χ2v) is 4.34. The van der Waals surface area contributed by atoms with Crippen molar-refractivity contribution in [1.82, 2.24) is 0 Å². The first-order chi connectivity index (χ1) is 6.59. The molecule has 0 spiro atoms. The van der Waals surface area contributed by atoms with E-state index in [9.17, 15) is 8.42 Å². The molecule has 0 heterocycles. The Labute approximate surface area is 104 Å². The van der Waals surface area contributed by atoms with Crippen molar-refractivity contribution in [3.8, 4) is 0 Å². The maximum Gasteiger partial charge on any atom is 0.295 e. The van der Waals surface area contributed by atoms with Gasteiger partial charge in [-0.3, -0.25) is 4.55 Å². The third kappa shape index (κ3) is 2.49. The molecule has 0 aromatic heterocycles. The molecule has 0 amide bonds. The van der Waals surface area contributed by atoms with Crippen LogP contribution in [-0.4, -0.2) is 36.0 Å². The average molecular weight is 233 g/mol. The summed E-state index contributed by atoms with van der Waals surface area (Å²) in [6.45, 7) is 0. The van der Waals surface area contributed by atoms with Crippen molar-refractivity contribution < 1.29 is 13.0 Å². The Kier molecular flexibility index (Phi) is 3.72. The Morgan fingerprint density at radius 2 is 1.53 bits per heavy atom. The van der Waals surface area contributed by atoms with Crippen LogP contribution in [0.3, 0.4) is 0 Å². The molecule has 5 heteroatoms. The summed E-state index contributed by atoms with van der Waals surface area (Å²) in [4.78, 5) is -0.0457. The van der Waals surface area contributed by atoms with Gasteiger partial charge in [-0.1, -0.05) is 36.4 Å². The van der Waals surface area contributed by atoms with E-state index < -0.39 is 10.1 Å². The molecule has 0 aliphatic rings. The van der Waals surface area contributed by atoms with Gasteiger partial charge in [-0.2, -0.15) is 8.42 Å². The van der Waals surface area contributed by atoms with Gasteiger partial charge in [-0.15, -0.1) is 0 Å². The fourth-order valence-corrected chi connectivity index (χ4v) is 2.13. The standard InChI is InChI=1S/C10H8O3S.Mg/c11-14(12,13)10-7-3-5-8-4-1-2-6-9(8)10;/h1-7H,(H,11,12,13);. The highest BCUT2D eigenvalue weighted by atomic mass is 32.2. The van der Waals surface area contributed by atoms with Gasteiger partial charge in [-0.25, -0.2) is 0 Å². The summed E-state index contributed by atoms with van der Waals surface area (Å²) in [5.74, 6) is 0. The molecule has 0 unspecified atom stereocenters. The van der Waals surface area contributed by atoms with Gasteiger partial charge in [0.05, 0.1) is 0 Å². The van der Waals surface area contributed by atoms with Crippen LogP contribution in [0, 0.1) is 0 Å². The van der Waals surface area contributed by atoms with Crippen LogP contribution in [0.5, 0.6) is 0 Å². The van der Waals surface area contributed by atoms with Crippen LogP contribution in [0.1, 0.15) is 0 Å². The summed E-state index contributed by atoms with van der Waals surface area (Å²) in [5, 5.41) is 1.33. The zero-order valence-corrected chi connectivity index (χ0v) is 10.2. The van der Waals surface area contributed by atoms with Crippen molar-refractivity contribution in [2.24, 2.45) is 0 Å². The molecule has 0 bridgehead atoms. The van der Waals surface area contributed by atoms with Gasteiger partial charge in [0.25, 0.3) is 10.1 Å². The van der Waals surface area contributed by atoms with Crippen molar-refractivity contribution >= 4 is 43.9 Å². The summed E-state index contributed by atoms with van der Waals surface area (Å²) in [5.41, 5.74) is 0. The van der Waals surface area contributed by atoms with Gasteiger partial charge >= 0.3 is 0 Å². The van der Waals surface area contributed by atoms with E-state index in [-0.39, 0.29) is 27.9 Å². The normalized spacial score (nSPS) is 11.0. The van der Waals surface area contributed by atoms with Gasteiger partial charge in [0.2, 0.25) is 0 Å². The molecule has 0 fully saturated rings. The number of hydrogen-bond acceptors (Lipinski definition) is 2. The molecule has 2 aromatic rings. The van der Waals surface area contributed by atoms with E-state index in [2.05, 4.69) is 0 Å². The topological polar surface area (TPSA) is 54.4 Å². The van der Waals surface area contributed by atoms with Crippen molar-refractivity contribution in [3.05, 3.63) is 42.5 Å². The maximum atomic E-state index is 11.0. The van der Waals surface area contributed by atoms with E-state index in [1.165, 1.54) is 6.07 Å². The minimum atomic E-state index is -4.13. The Morgan fingerprint density at radius 3 is 2.20 bits per heavy atom. The Balaban J connectivity index is 0.00000112. The lowest BCUT2D eigenvalue weighted by Gasteiger charge is -2.02. The van der Waals surface area contributed by atoms with Crippen LogP contribution in [0.2, 0.25) is 0 Å². The molecule has 1 N–H and O–H groups in total. The number of benzene rings is 2. The van der Waals surface area contributed by atoms with Gasteiger partial charge in [0.1, 0.15) is 4.90 Å². The zero-order chi connectivity index (χ0) is 10.2. The van der Waals surface area contributed by atoms with E-state index in [0.29, 0.717) is 5.39 Å². The van der Waals surface area contributed by atoms with Gasteiger partial charge in [0, 0.05) is 28.4 Å². The minimum Gasteiger partial charge on any atom is -0.282 e. The molecule has 2 rings (SSSR count). The number of fused-ring (bicyclic) bond motifs is 1. The predicted molar refractivity (Wildman–Crippen MR) is 59.5 cm³/mol. The van der Waals surface area contributed by atoms with E-state index in [4.69, 9.17) is 4.55 Å². The SMILES string of the molecule is O=S(=O)(O)c1cccc2ccccc12.[Mg]. The number of rotatable bonds is 1. The maximum absolute atomic E-state index is 11.0. The first kappa shape index (κ1) is 12.4. The lowest BCUT2D eigenvalue weighted by atomic mass is 10.1. The first-order valence-electron chi connectivity index (χ1n) is 4.04. The van der Waals surface area contributed by atoms with E-state index in [0.717, 1.165) is 5.39 Å². The quantitative estimate of drug-likeness (QED) is 0.601. The van der Waals surface area contributed by atoms with Crippen molar-refractivity contribution in [1.29, 1.82) is 0 Å². The summed E-state index contributed by atoms with van der Waals surface area (Å²) >= 11 is 0. The molecule has 15 heavy (non-hydrogen) atoms. The van der Waals surface area contributed by atoms with Gasteiger partial charge < -0.3 is 0 Å². The highest BCUT2D eigenvalue weighted by Crippen LogP contribution is 2.21. The third-order valence-electron chi connectivity index (χ3n) is 2.03.